The summed E-state index contributed by atoms with van der Waals surface area (Å²) >= 11 is 0. The lowest BCUT2D eigenvalue weighted by Gasteiger charge is -2.15. The number of pyridine rings is 1. The summed E-state index contributed by atoms with van der Waals surface area (Å²) in [5.74, 6) is -0.707. The van der Waals surface area contributed by atoms with Crippen molar-refractivity contribution in [1.82, 2.24) is 4.98 Å². The van der Waals surface area contributed by atoms with Gasteiger partial charge in [0.25, 0.3) is 0 Å². The summed E-state index contributed by atoms with van der Waals surface area (Å²) < 4.78 is 5.56. The second kappa shape index (κ2) is 5.49. The average molecular weight is 223 g/mol. The lowest BCUT2D eigenvalue weighted by molar-refractivity contribution is 0.0682. The number of carbonyl (C=O) groups is 1. The Labute approximate surface area is 95.3 Å². The lowest BCUT2D eigenvalue weighted by Crippen LogP contribution is -2.14. The Morgan fingerprint density at radius 3 is 2.81 bits per heavy atom. The van der Waals surface area contributed by atoms with Gasteiger partial charge in [-0.25, -0.2) is 9.78 Å². The number of carboxylic acids is 1. The molecule has 0 saturated carbocycles. The van der Waals surface area contributed by atoms with Gasteiger partial charge in [-0.15, -0.1) is 0 Å². The zero-order valence-electron chi connectivity index (χ0n) is 9.86. The number of aromatic carboxylic acids is 1. The maximum Gasteiger partial charge on any atom is 0.358 e. The Morgan fingerprint density at radius 1 is 1.56 bits per heavy atom. The summed E-state index contributed by atoms with van der Waals surface area (Å²) in [7, 11) is 0. The molecule has 1 rings (SSSR count). The van der Waals surface area contributed by atoms with Gasteiger partial charge in [0.2, 0.25) is 0 Å². The van der Waals surface area contributed by atoms with Crippen LogP contribution in [0.1, 0.15) is 42.9 Å². The Balaban J connectivity index is 2.90. The van der Waals surface area contributed by atoms with E-state index in [2.05, 4.69) is 11.9 Å². The Morgan fingerprint density at radius 2 is 2.25 bits per heavy atom. The average Bonchev–Trinajstić information content (AvgIpc) is 2.20. The van der Waals surface area contributed by atoms with E-state index in [-0.39, 0.29) is 11.8 Å². The maximum atomic E-state index is 11.0. The fraction of sp³-hybridized carbons (Fsp3) is 0.500. The minimum absolute atomic E-state index is 0.00704. The summed E-state index contributed by atoms with van der Waals surface area (Å²) in [5, 5.41) is 8.99. The highest BCUT2D eigenvalue weighted by Crippen LogP contribution is 2.19. The number of carboxylic acid groups (broad SMARTS) is 1. The molecule has 1 unspecified atom stereocenters. The van der Waals surface area contributed by atoms with Crippen LogP contribution >= 0.6 is 0 Å². The molecule has 0 aromatic carbocycles. The molecule has 4 heteroatoms. The third-order valence-corrected chi connectivity index (χ3v) is 2.22. The van der Waals surface area contributed by atoms with Crippen LogP contribution in [-0.2, 0) is 0 Å². The number of hydrogen-bond acceptors (Lipinski definition) is 3. The van der Waals surface area contributed by atoms with Gasteiger partial charge in [0, 0.05) is 5.69 Å². The van der Waals surface area contributed by atoms with Crippen LogP contribution in [0.25, 0.3) is 0 Å². The highest BCUT2D eigenvalue weighted by atomic mass is 16.5. The normalized spacial score (nSPS) is 12.2. The van der Waals surface area contributed by atoms with Crippen LogP contribution in [0, 0.1) is 6.92 Å². The molecule has 1 heterocycles. The molecule has 1 aromatic heterocycles. The fourth-order valence-corrected chi connectivity index (χ4v) is 1.47. The molecule has 1 aromatic rings. The second-order valence-electron chi connectivity index (χ2n) is 3.82. The first-order chi connectivity index (χ1) is 7.54. The molecular formula is C12H17NO3. The van der Waals surface area contributed by atoms with Crippen molar-refractivity contribution in [2.45, 2.75) is 39.7 Å². The van der Waals surface area contributed by atoms with Gasteiger partial charge < -0.3 is 9.84 Å². The molecule has 0 aliphatic rings. The minimum Gasteiger partial charge on any atom is -0.488 e. The summed E-state index contributed by atoms with van der Waals surface area (Å²) in [6.07, 6.45) is 1.91. The van der Waals surface area contributed by atoms with Gasteiger partial charge in [0.05, 0.1) is 6.10 Å². The largest absolute Gasteiger partial charge is 0.488 e. The van der Waals surface area contributed by atoms with Gasteiger partial charge in [0.15, 0.2) is 11.4 Å². The van der Waals surface area contributed by atoms with Crippen LogP contribution in [0.5, 0.6) is 5.75 Å². The number of ether oxygens (including phenoxy) is 1. The van der Waals surface area contributed by atoms with E-state index in [1.807, 2.05) is 6.92 Å². The minimum atomic E-state index is -1.05. The van der Waals surface area contributed by atoms with E-state index in [1.54, 1.807) is 19.1 Å². The van der Waals surface area contributed by atoms with Crippen LogP contribution in [0.2, 0.25) is 0 Å². The van der Waals surface area contributed by atoms with Gasteiger partial charge >= 0.3 is 5.97 Å². The Kier molecular flexibility index (Phi) is 4.28. The first-order valence-corrected chi connectivity index (χ1v) is 5.42. The molecule has 0 spiro atoms. The van der Waals surface area contributed by atoms with E-state index in [1.165, 1.54) is 0 Å². The Hall–Kier alpha value is -1.58. The van der Waals surface area contributed by atoms with E-state index >= 15 is 0 Å². The van der Waals surface area contributed by atoms with E-state index in [0.717, 1.165) is 12.8 Å². The van der Waals surface area contributed by atoms with Crippen molar-refractivity contribution in [3.05, 3.63) is 23.5 Å². The number of hydrogen-bond donors (Lipinski definition) is 1. The third-order valence-electron chi connectivity index (χ3n) is 2.22. The number of rotatable bonds is 5. The zero-order chi connectivity index (χ0) is 12.1. The molecule has 1 N–H and O–H groups in total. The summed E-state index contributed by atoms with van der Waals surface area (Å²) in [5.41, 5.74) is 0.663. The molecule has 0 bridgehead atoms. The van der Waals surface area contributed by atoms with Crippen molar-refractivity contribution in [3.63, 3.8) is 0 Å². The third kappa shape index (κ3) is 3.22. The molecule has 0 aliphatic carbocycles. The molecule has 16 heavy (non-hydrogen) atoms. The van der Waals surface area contributed by atoms with E-state index in [0.29, 0.717) is 11.4 Å². The lowest BCUT2D eigenvalue weighted by atomic mass is 10.2. The predicted molar refractivity (Wildman–Crippen MR) is 60.9 cm³/mol. The monoisotopic (exact) mass is 223 g/mol. The van der Waals surface area contributed by atoms with Gasteiger partial charge in [-0.2, -0.15) is 0 Å². The molecule has 0 radical (unpaired) electrons. The first-order valence-electron chi connectivity index (χ1n) is 5.42. The quantitative estimate of drug-likeness (QED) is 0.833. The summed E-state index contributed by atoms with van der Waals surface area (Å²) in [6, 6.07) is 3.42. The van der Waals surface area contributed by atoms with Gasteiger partial charge in [-0.05, 0) is 32.4 Å². The van der Waals surface area contributed by atoms with Crippen molar-refractivity contribution < 1.29 is 14.6 Å². The van der Waals surface area contributed by atoms with Crippen LogP contribution in [0.3, 0.4) is 0 Å². The first kappa shape index (κ1) is 12.5. The van der Waals surface area contributed by atoms with Crippen molar-refractivity contribution >= 4 is 5.97 Å². The number of aryl methyl sites for hydroxylation is 1. The maximum absolute atomic E-state index is 11.0. The molecule has 0 aliphatic heterocycles. The van der Waals surface area contributed by atoms with Crippen molar-refractivity contribution in [2.75, 3.05) is 0 Å². The Bertz CT molecular complexity index is 377. The van der Waals surface area contributed by atoms with Crippen LogP contribution in [-0.4, -0.2) is 22.2 Å². The van der Waals surface area contributed by atoms with Gasteiger partial charge in [0.1, 0.15) is 0 Å². The topological polar surface area (TPSA) is 59.4 Å². The highest BCUT2D eigenvalue weighted by molar-refractivity contribution is 5.88. The summed E-state index contributed by atoms with van der Waals surface area (Å²) in [4.78, 5) is 14.9. The standard InChI is InChI=1S/C12H17NO3/c1-4-5-9(3)16-10-7-6-8(2)13-11(10)12(14)15/h6-7,9H,4-5H2,1-3H3,(H,14,15). The molecule has 0 saturated heterocycles. The number of nitrogens with zero attached hydrogens (tertiary/aromatic N) is 1. The SMILES string of the molecule is CCCC(C)Oc1ccc(C)nc1C(=O)O. The van der Waals surface area contributed by atoms with Crippen molar-refractivity contribution in [1.29, 1.82) is 0 Å². The number of aromatic nitrogens is 1. The van der Waals surface area contributed by atoms with Crippen molar-refractivity contribution in [2.24, 2.45) is 0 Å². The van der Waals surface area contributed by atoms with Crippen LogP contribution in [0.15, 0.2) is 12.1 Å². The second-order valence-corrected chi connectivity index (χ2v) is 3.82. The molecule has 1 atom stereocenters. The molecular weight excluding hydrogens is 206 g/mol. The fourth-order valence-electron chi connectivity index (χ4n) is 1.47. The highest BCUT2D eigenvalue weighted by Gasteiger charge is 2.15. The van der Waals surface area contributed by atoms with Gasteiger partial charge in [-0.1, -0.05) is 13.3 Å². The molecule has 88 valence electrons. The zero-order valence-corrected chi connectivity index (χ0v) is 9.86. The molecule has 0 amide bonds. The summed E-state index contributed by atoms with van der Waals surface area (Å²) in [6.45, 7) is 5.74. The van der Waals surface area contributed by atoms with Crippen LogP contribution in [0.4, 0.5) is 0 Å². The van der Waals surface area contributed by atoms with E-state index < -0.39 is 5.97 Å². The van der Waals surface area contributed by atoms with E-state index in [4.69, 9.17) is 9.84 Å². The molecule has 4 nitrogen and oxygen atoms in total. The molecule has 0 fully saturated rings. The van der Waals surface area contributed by atoms with Crippen LogP contribution < -0.4 is 4.74 Å². The predicted octanol–water partition coefficient (Wildman–Crippen LogP) is 2.66. The van der Waals surface area contributed by atoms with E-state index in [9.17, 15) is 4.79 Å². The van der Waals surface area contributed by atoms with Gasteiger partial charge in [-0.3, -0.25) is 0 Å². The smallest absolute Gasteiger partial charge is 0.358 e. The van der Waals surface area contributed by atoms with Crippen molar-refractivity contribution in [3.8, 4) is 5.75 Å².